The normalized spacial score (nSPS) is 19.5. The standard InChI is InChI=1S/C38H73NO2/c1-5-7-9-11-13-15-17-19-21-23-25-27-29-31-33-38(40-36-37(41-38)35-39(3)4)34-32-30-28-26-24-22-20-18-16-14-12-10-8-6-2/h13,15,17,19,37H,5-12,14,16,18,20-36H2,1-4H3/b15-13-,19-17-/t37-,38-/m1/s1. The van der Waals surface area contributed by atoms with Crippen molar-refractivity contribution in [1.29, 1.82) is 0 Å². The number of allylic oxidation sites excluding steroid dienone is 4. The van der Waals surface area contributed by atoms with Gasteiger partial charge in [0.15, 0.2) is 5.79 Å². The minimum atomic E-state index is -0.315. The van der Waals surface area contributed by atoms with E-state index in [2.05, 4.69) is 57.1 Å². The molecule has 1 heterocycles. The molecular weight excluding hydrogens is 502 g/mol. The maximum absolute atomic E-state index is 6.61. The molecule has 0 saturated carbocycles. The number of hydrogen-bond donors (Lipinski definition) is 0. The summed E-state index contributed by atoms with van der Waals surface area (Å²) in [6.45, 7) is 6.29. The van der Waals surface area contributed by atoms with Gasteiger partial charge in [0.25, 0.3) is 0 Å². The second kappa shape index (κ2) is 28.1. The van der Waals surface area contributed by atoms with Gasteiger partial charge in [0, 0.05) is 19.4 Å². The Morgan fingerprint density at radius 3 is 1.41 bits per heavy atom. The molecule has 3 heteroatoms. The lowest BCUT2D eigenvalue weighted by Gasteiger charge is -2.29. The van der Waals surface area contributed by atoms with E-state index < -0.39 is 0 Å². The summed E-state index contributed by atoms with van der Waals surface area (Å²) < 4.78 is 13.0. The molecule has 1 saturated heterocycles. The quantitative estimate of drug-likeness (QED) is 0.0628. The first-order valence-corrected chi connectivity index (χ1v) is 18.4. The molecule has 0 amide bonds. The van der Waals surface area contributed by atoms with Crippen molar-refractivity contribution in [3.8, 4) is 0 Å². The van der Waals surface area contributed by atoms with Crippen molar-refractivity contribution in [3.05, 3.63) is 24.3 Å². The Kier molecular flexibility index (Phi) is 26.4. The molecule has 0 aromatic rings. The van der Waals surface area contributed by atoms with E-state index >= 15 is 0 Å². The fourth-order valence-electron chi connectivity index (χ4n) is 6.14. The number of ether oxygens (including phenoxy) is 2. The second-order valence-electron chi connectivity index (χ2n) is 13.2. The third-order valence-electron chi connectivity index (χ3n) is 8.68. The number of nitrogens with zero attached hydrogens (tertiary/aromatic N) is 1. The van der Waals surface area contributed by atoms with Crippen LogP contribution < -0.4 is 0 Å². The topological polar surface area (TPSA) is 21.7 Å². The van der Waals surface area contributed by atoms with Crippen LogP contribution in [0, 0.1) is 0 Å². The van der Waals surface area contributed by atoms with Crippen LogP contribution in [0.3, 0.4) is 0 Å². The van der Waals surface area contributed by atoms with Crippen LogP contribution in [0.2, 0.25) is 0 Å². The average molecular weight is 576 g/mol. The molecule has 41 heavy (non-hydrogen) atoms. The molecular formula is C38H73NO2. The maximum atomic E-state index is 6.61. The predicted octanol–water partition coefficient (Wildman–Crippen LogP) is 12.0. The molecule has 2 atom stereocenters. The van der Waals surface area contributed by atoms with E-state index in [1.807, 2.05) is 0 Å². The Hall–Kier alpha value is -0.640. The largest absolute Gasteiger partial charge is 0.347 e. The first-order chi connectivity index (χ1) is 20.1. The summed E-state index contributed by atoms with van der Waals surface area (Å²) in [5.41, 5.74) is 0. The Bertz CT molecular complexity index is 601. The molecule has 1 aliphatic rings. The summed E-state index contributed by atoms with van der Waals surface area (Å²) in [6.07, 6.45) is 44.1. The Balaban J connectivity index is 2.13. The average Bonchev–Trinajstić information content (AvgIpc) is 3.35. The minimum Gasteiger partial charge on any atom is -0.347 e. The summed E-state index contributed by atoms with van der Waals surface area (Å²) in [7, 11) is 4.27. The third kappa shape index (κ3) is 23.5. The summed E-state index contributed by atoms with van der Waals surface area (Å²) in [4.78, 5) is 2.23. The van der Waals surface area contributed by atoms with E-state index in [-0.39, 0.29) is 11.9 Å². The number of hydrogen-bond acceptors (Lipinski definition) is 3. The van der Waals surface area contributed by atoms with E-state index in [9.17, 15) is 0 Å². The van der Waals surface area contributed by atoms with E-state index in [4.69, 9.17) is 9.47 Å². The molecule has 0 spiro atoms. The van der Waals surface area contributed by atoms with Crippen LogP contribution in [0.15, 0.2) is 24.3 Å². The molecule has 0 aliphatic carbocycles. The Labute approximate surface area is 258 Å². The highest BCUT2D eigenvalue weighted by atomic mass is 16.7. The van der Waals surface area contributed by atoms with Gasteiger partial charge in [-0.05, 0) is 52.6 Å². The fraction of sp³-hybridized carbons (Fsp3) is 0.895. The van der Waals surface area contributed by atoms with Gasteiger partial charge in [-0.1, -0.05) is 154 Å². The van der Waals surface area contributed by atoms with Crippen molar-refractivity contribution in [3.63, 3.8) is 0 Å². The van der Waals surface area contributed by atoms with Gasteiger partial charge in [-0.2, -0.15) is 0 Å². The van der Waals surface area contributed by atoms with Crippen molar-refractivity contribution in [1.82, 2.24) is 4.90 Å². The fourth-order valence-corrected chi connectivity index (χ4v) is 6.14. The second-order valence-corrected chi connectivity index (χ2v) is 13.2. The zero-order valence-corrected chi connectivity index (χ0v) is 28.4. The van der Waals surface area contributed by atoms with E-state index in [1.165, 1.54) is 154 Å². The SMILES string of the molecule is CCCCC/C=C\C=C/CCCCCCC[C@@]1(CCCCCCCCCCCCCCCC)OC[C@@H](CN(C)C)O1. The zero-order chi connectivity index (χ0) is 29.7. The van der Waals surface area contributed by atoms with Gasteiger partial charge in [0.2, 0.25) is 0 Å². The van der Waals surface area contributed by atoms with E-state index in [0.717, 1.165) is 26.0 Å². The lowest BCUT2D eigenvalue weighted by molar-refractivity contribution is -0.180. The number of unbranched alkanes of at least 4 members (excludes halogenated alkanes) is 21. The van der Waals surface area contributed by atoms with Gasteiger partial charge >= 0.3 is 0 Å². The van der Waals surface area contributed by atoms with Crippen LogP contribution in [-0.4, -0.2) is 44.0 Å². The zero-order valence-electron chi connectivity index (χ0n) is 28.4. The highest BCUT2D eigenvalue weighted by Gasteiger charge is 2.40. The first-order valence-electron chi connectivity index (χ1n) is 18.4. The summed E-state index contributed by atoms with van der Waals surface area (Å²) in [6, 6.07) is 0. The molecule has 1 aliphatic heterocycles. The molecule has 3 nitrogen and oxygen atoms in total. The van der Waals surface area contributed by atoms with Crippen molar-refractivity contribution in [2.75, 3.05) is 27.2 Å². The molecule has 1 rings (SSSR count). The molecule has 242 valence electrons. The van der Waals surface area contributed by atoms with Gasteiger partial charge in [-0.25, -0.2) is 0 Å². The third-order valence-corrected chi connectivity index (χ3v) is 8.68. The first kappa shape index (κ1) is 38.4. The molecule has 0 aromatic heterocycles. The Morgan fingerprint density at radius 1 is 0.561 bits per heavy atom. The van der Waals surface area contributed by atoms with Crippen LogP contribution in [0.4, 0.5) is 0 Å². The highest BCUT2D eigenvalue weighted by Crippen LogP contribution is 2.35. The maximum Gasteiger partial charge on any atom is 0.168 e. The number of rotatable bonds is 30. The minimum absolute atomic E-state index is 0.226. The van der Waals surface area contributed by atoms with Crippen molar-refractivity contribution in [2.24, 2.45) is 0 Å². The lowest BCUT2D eigenvalue weighted by atomic mass is 9.98. The van der Waals surface area contributed by atoms with Crippen LogP contribution in [0.5, 0.6) is 0 Å². The van der Waals surface area contributed by atoms with E-state index in [1.54, 1.807) is 0 Å². The van der Waals surface area contributed by atoms with Gasteiger partial charge in [0.05, 0.1) is 12.7 Å². The molecule has 0 radical (unpaired) electrons. The predicted molar refractivity (Wildman–Crippen MR) is 182 cm³/mol. The van der Waals surface area contributed by atoms with Gasteiger partial charge in [-0.15, -0.1) is 0 Å². The summed E-state index contributed by atoms with van der Waals surface area (Å²) in [5.74, 6) is -0.315. The van der Waals surface area contributed by atoms with Crippen molar-refractivity contribution < 1.29 is 9.47 Å². The van der Waals surface area contributed by atoms with Gasteiger partial charge in [-0.3, -0.25) is 0 Å². The molecule has 0 bridgehead atoms. The molecule has 0 aromatic carbocycles. The highest BCUT2D eigenvalue weighted by molar-refractivity contribution is 5.02. The molecule has 1 fully saturated rings. The monoisotopic (exact) mass is 576 g/mol. The summed E-state index contributed by atoms with van der Waals surface area (Å²) in [5, 5.41) is 0. The van der Waals surface area contributed by atoms with Gasteiger partial charge in [0.1, 0.15) is 0 Å². The van der Waals surface area contributed by atoms with Crippen molar-refractivity contribution >= 4 is 0 Å². The van der Waals surface area contributed by atoms with Crippen LogP contribution in [0.1, 0.15) is 181 Å². The van der Waals surface area contributed by atoms with E-state index in [0.29, 0.717) is 0 Å². The van der Waals surface area contributed by atoms with Crippen LogP contribution in [-0.2, 0) is 9.47 Å². The Morgan fingerprint density at radius 2 is 0.951 bits per heavy atom. The molecule has 0 N–H and O–H groups in total. The van der Waals surface area contributed by atoms with Crippen molar-refractivity contribution in [2.45, 2.75) is 193 Å². The lowest BCUT2D eigenvalue weighted by Crippen LogP contribution is -2.33. The smallest absolute Gasteiger partial charge is 0.168 e. The van der Waals surface area contributed by atoms with Crippen LogP contribution >= 0.6 is 0 Å². The number of likely N-dealkylation sites (N-methyl/N-ethyl adjacent to an activating group) is 1. The van der Waals surface area contributed by atoms with Crippen LogP contribution in [0.25, 0.3) is 0 Å². The molecule has 0 unspecified atom stereocenters. The van der Waals surface area contributed by atoms with Gasteiger partial charge < -0.3 is 14.4 Å². The summed E-state index contributed by atoms with van der Waals surface area (Å²) >= 11 is 0.